The zero-order valence-corrected chi connectivity index (χ0v) is 17.2. The van der Waals surface area contributed by atoms with Crippen LogP contribution in [0.15, 0.2) is 47.2 Å². The number of hydrogen-bond donors (Lipinski definition) is 1. The number of hydrogen-bond acceptors (Lipinski definition) is 5. The maximum atomic E-state index is 12.6. The predicted molar refractivity (Wildman–Crippen MR) is 110 cm³/mol. The predicted octanol–water partition coefficient (Wildman–Crippen LogP) is 3.58. The average Bonchev–Trinajstić information content (AvgIpc) is 3.36. The SMILES string of the molecule is Cc1ccc(CN2CCCC2)cc1NC(=O)c1ccc(-n2cc(Br)cn2)nn1. The van der Waals surface area contributed by atoms with E-state index in [9.17, 15) is 4.79 Å². The number of likely N-dealkylation sites (tertiary alicyclic amines) is 1. The third-order valence-electron chi connectivity index (χ3n) is 4.82. The van der Waals surface area contributed by atoms with Gasteiger partial charge in [-0.3, -0.25) is 9.69 Å². The van der Waals surface area contributed by atoms with Crippen LogP contribution in [0.25, 0.3) is 5.82 Å². The van der Waals surface area contributed by atoms with Crippen molar-refractivity contribution in [1.82, 2.24) is 24.9 Å². The highest BCUT2D eigenvalue weighted by atomic mass is 79.9. The van der Waals surface area contributed by atoms with Crippen LogP contribution in [0.3, 0.4) is 0 Å². The summed E-state index contributed by atoms with van der Waals surface area (Å²) >= 11 is 3.35. The smallest absolute Gasteiger partial charge is 0.276 e. The van der Waals surface area contributed by atoms with Gasteiger partial charge in [0.15, 0.2) is 11.5 Å². The molecule has 7 nitrogen and oxygen atoms in total. The molecule has 1 fully saturated rings. The first kappa shape index (κ1) is 18.8. The van der Waals surface area contributed by atoms with Gasteiger partial charge in [-0.15, -0.1) is 10.2 Å². The molecule has 0 spiro atoms. The molecule has 28 heavy (non-hydrogen) atoms. The van der Waals surface area contributed by atoms with Crippen LogP contribution in [0.4, 0.5) is 5.69 Å². The Kier molecular flexibility index (Phi) is 5.50. The lowest BCUT2D eigenvalue weighted by Gasteiger charge is -2.16. The second kappa shape index (κ2) is 8.20. The normalized spacial score (nSPS) is 14.4. The minimum atomic E-state index is -0.276. The number of amides is 1. The molecule has 1 N–H and O–H groups in total. The lowest BCUT2D eigenvalue weighted by Crippen LogP contribution is -2.19. The van der Waals surface area contributed by atoms with E-state index < -0.39 is 0 Å². The number of anilines is 1. The first-order valence-electron chi connectivity index (χ1n) is 9.26. The van der Waals surface area contributed by atoms with Crippen molar-refractivity contribution >= 4 is 27.5 Å². The van der Waals surface area contributed by atoms with E-state index in [2.05, 4.69) is 53.6 Å². The van der Waals surface area contributed by atoms with E-state index >= 15 is 0 Å². The van der Waals surface area contributed by atoms with E-state index in [4.69, 9.17) is 0 Å². The molecule has 144 valence electrons. The molecule has 0 aliphatic carbocycles. The van der Waals surface area contributed by atoms with E-state index in [-0.39, 0.29) is 11.6 Å². The number of aromatic nitrogens is 4. The molecule has 1 saturated heterocycles. The second-order valence-corrected chi connectivity index (χ2v) is 7.88. The minimum Gasteiger partial charge on any atom is -0.320 e. The second-order valence-electron chi connectivity index (χ2n) is 6.97. The molecule has 0 saturated carbocycles. The lowest BCUT2D eigenvalue weighted by atomic mass is 10.1. The third kappa shape index (κ3) is 4.28. The van der Waals surface area contributed by atoms with Crippen molar-refractivity contribution in [2.75, 3.05) is 18.4 Å². The van der Waals surface area contributed by atoms with Crippen LogP contribution < -0.4 is 5.32 Å². The molecule has 1 aromatic carbocycles. The summed E-state index contributed by atoms with van der Waals surface area (Å²) in [6.45, 7) is 5.19. The highest BCUT2D eigenvalue weighted by molar-refractivity contribution is 9.10. The molecule has 3 heterocycles. The Morgan fingerprint density at radius 2 is 2.00 bits per heavy atom. The van der Waals surface area contributed by atoms with Crippen molar-refractivity contribution < 1.29 is 4.79 Å². The molecule has 3 aromatic rings. The Morgan fingerprint density at radius 3 is 2.68 bits per heavy atom. The molecule has 1 aliphatic rings. The quantitative estimate of drug-likeness (QED) is 0.655. The monoisotopic (exact) mass is 440 g/mol. The number of halogens is 1. The molecule has 1 aliphatic heterocycles. The topological polar surface area (TPSA) is 75.9 Å². The Hall–Kier alpha value is -2.58. The zero-order valence-electron chi connectivity index (χ0n) is 15.6. The van der Waals surface area contributed by atoms with Gasteiger partial charge in [-0.05, 0) is 78.1 Å². The van der Waals surface area contributed by atoms with Crippen LogP contribution in [0.2, 0.25) is 0 Å². The Bertz CT molecular complexity index is 979. The van der Waals surface area contributed by atoms with Gasteiger partial charge in [0.1, 0.15) is 0 Å². The van der Waals surface area contributed by atoms with Crippen LogP contribution in [-0.4, -0.2) is 43.9 Å². The molecule has 0 bridgehead atoms. The molecule has 0 unspecified atom stereocenters. The lowest BCUT2D eigenvalue weighted by molar-refractivity contribution is 0.102. The molecule has 2 aromatic heterocycles. The van der Waals surface area contributed by atoms with Gasteiger partial charge in [-0.25, -0.2) is 4.68 Å². The first-order chi connectivity index (χ1) is 13.6. The highest BCUT2D eigenvalue weighted by Crippen LogP contribution is 2.20. The van der Waals surface area contributed by atoms with Crippen LogP contribution in [0, 0.1) is 6.92 Å². The van der Waals surface area contributed by atoms with Crippen molar-refractivity contribution in [3.63, 3.8) is 0 Å². The summed E-state index contributed by atoms with van der Waals surface area (Å²) in [6.07, 6.45) is 5.97. The first-order valence-corrected chi connectivity index (χ1v) is 10.1. The van der Waals surface area contributed by atoms with Gasteiger partial charge in [0.25, 0.3) is 5.91 Å². The van der Waals surface area contributed by atoms with Crippen molar-refractivity contribution in [3.8, 4) is 5.82 Å². The number of aryl methyl sites for hydroxylation is 1. The van der Waals surface area contributed by atoms with Crippen molar-refractivity contribution in [2.24, 2.45) is 0 Å². The van der Waals surface area contributed by atoms with Gasteiger partial charge in [-0.1, -0.05) is 12.1 Å². The Morgan fingerprint density at radius 1 is 1.18 bits per heavy atom. The van der Waals surface area contributed by atoms with E-state index in [1.807, 2.05) is 13.0 Å². The van der Waals surface area contributed by atoms with Crippen molar-refractivity contribution in [1.29, 1.82) is 0 Å². The molecule has 8 heteroatoms. The minimum absolute atomic E-state index is 0.263. The van der Waals surface area contributed by atoms with Crippen molar-refractivity contribution in [3.05, 3.63) is 64.0 Å². The molecule has 0 radical (unpaired) electrons. The molecular formula is C20H21BrN6O. The maximum Gasteiger partial charge on any atom is 0.276 e. The molecule has 0 atom stereocenters. The number of rotatable bonds is 5. The van der Waals surface area contributed by atoms with Crippen LogP contribution in [-0.2, 0) is 6.54 Å². The van der Waals surface area contributed by atoms with E-state index in [1.165, 1.54) is 18.4 Å². The number of nitrogens with zero attached hydrogens (tertiary/aromatic N) is 5. The van der Waals surface area contributed by atoms with Gasteiger partial charge >= 0.3 is 0 Å². The summed E-state index contributed by atoms with van der Waals surface area (Å²) in [5, 5.41) is 15.3. The van der Waals surface area contributed by atoms with E-state index in [1.54, 1.807) is 29.2 Å². The maximum absolute atomic E-state index is 12.6. The fourth-order valence-corrected chi connectivity index (χ4v) is 3.57. The number of carbonyl (C=O) groups excluding carboxylic acids is 1. The summed E-state index contributed by atoms with van der Waals surface area (Å²) < 4.78 is 2.44. The number of carbonyl (C=O) groups is 1. The van der Waals surface area contributed by atoms with Gasteiger partial charge in [0, 0.05) is 18.4 Å². The standard InChI is InChI=1S/C20H21BrN6O/c1-14-4-5-15(12-26-8-2-3-9-26)10-18(14)23-20(28)17-6-7-19(25-24-17)27-13-16(21)11-22-27/h4-7,10-11,13H,2-3,8-9,12H2,1H3,(H,23,28). The number of benzene rings is 1. The summed E-state index contributed by atoms with van der Waals surface area (Å²) in [7, 11) is 0. The van der Waals surface area contributed by atoms with Gasteiger partial charge < -0.3 is 5.32 Å². The van der Waals surface area contributed by atoms with Gasteiger partial charge in [0.2, 0.25) is 0 Å². The summed E-state index contributed by atoms with van der Waals surface area (Å²) in [6, 6.07) is 9.59. The van der Waals surface area contributed by atoms with Gasteiger partial charge in [-0.2, -0.15) is 5.10 Å². The highest BCUT2D eigenvalue weighted by Gasteiger charge is 2.14. The van der Waals surface area contributed by atoms with Crippen molar-refractivity contribution in [2.45, 2.75) is 26.3 Å². The Balaban J connectivity index is 1.46. The summed E-state index contributed by atoms with van der Waals surface area (Å²) in [4.78, 5) is 15.1. The average molecular weight is 441 g/mol. The fourth-order valence-electron chi connectivity index (χ4n) is 3.28. The van der Waals surface area contributed by atoms with E-state index in [0.717, 1.165) is 35.4 Å². The summed E-state index contributed by atoms with van der Waals surface area (Å²) in [5.41, 5.74) is 3.29. The third-order valence-corrected chi connectivity index (χ3v) is 5.23. The van der Waals surface area contributed by atoms with Crippen LogP contribution >= 0.6 is 15.9 Å². The largest absolute Gasteiger partial charge is 0.320 e. The zero-order chi connectivity index (χ0) is 19.5. The van der Waals surface area contributed by atoms with Crippen LogP contribution in [0.5, 0.6) is 0 Å². The van der Waals surface area contributed by atoms with E-state index in [0.29, 0.717) is 5.82 Å². The molecular weight excluding hydrogens is 420 g/mol. The summed E-state index contributed by atoms with van der Waals surface area (Å²) in [5.74, 6) is 0.271. The Labute approximate surface area is 171 Å². The number of nitrogens with one attached hydrogen (secondary N) is 1. The van der Waals surface area contributed by atoms with Gasteiger partial charge in [0.05, 0.1) is 10.7 Å². The fraction of sp³-hybridized carbons (Fsp3) is 0.300. The molecule has 4 rings (SSSR count). The molecule has 1 amide bonds. The van der Waals surface area contributed by atoms with Crippen LogP contribution in [0.1, 0.15) is 34.5 Å².